The van der Waals surface area contributed by atoms with Crippen LogP contribution in [0.1, 0.15) is 56.2 Å². The lowest BCUT2D eigenvalue weighted by Crippen LogP contribution is -2.13. The molecule has 1 aromatic heterocycles. The molecule has 2 aromatic rings. The first-order valence-electron chi connectivity index (χ1n) is 8.35. The number of benzene rings is 1. The molecule has 0 unspecified atom stereocenters. The van der Waals surface area contributed by atoms with E-state index >= 15 is 0 Å². The Morgan fingerprint density at radius 2 is 2.00 bits per heavy atom. The number of unbranched alkanes of at least 4 members (excludes halogenated alkanes) is 1. The third kappa shape index (κ3) is 4.03. The molecule has 0 N–H and O–H groups in total. The van der Waals surface area contributed by atoms with Crippen LogP contribution in [-0.4, -0.2) is 20.3 Å². The van der Waals surface area contributed by atoms with Crippen molar-refractivity contribution in [3.05, 3.63) is 33.6 Å². The first-order valence-corrected chi connectivity index (χ1v) is 8.35. The molecule has 6 nitrogen and oxygen atoms in total. The lowest BCUT2D eigenvalue weighted by Gasteiger charge is -2.11. The summed E-state index contributed by atoms with van der Waals surface area (Å²) in [6.07, 6.45) is -3.26. The van der Waals surface area contributed by atoms with Crippen LogP contribution < -0.4 is 0 Å². The minimum Gasteiger partial charge on any atom is -0.321 e. The molecule has 0 aliphatic rings. The van der Waals surface area contributed by atoms with Crippen LogP contribution in [0.15, 0.2) is 12.1 Å². The second kappa shape index (κ2) is 7.43. The molecule has 0 aliphatic heterocycles. The maximum atomic E-state index is 13.3. The molecule has 142 valence electrons. The van der Waals surface area contributed by atoms with Crippen LogP contribution in [0, 0.1) is 16.0 Å². The van der Waals surface area contributed by atoms with Crippen LogP contribution >= 0.6 is 0 Å². The number of carbonyl (C=O) groups is 1. The number of aromatic nitrogens is 2. The second-order valence-corrected chi connectivity index (χ2v) is 6.57. The van der Waals surface area contributed by atoms with E-state index in [0.29, 0.717) is 13.0 Å². The van der Waals surface area contributed by atoms with Crippen molar-refractivity contribution in [3.8, 4) is 0 Å². The van der Waals surface area contributed by atoms with E-state index in [4.69, 9.17) is 0 Å². The number of fused-ring (bicyclic) bond motifs is 1. The molecule has 0 saturated heterocycles. The summed E-state index contributed by atoms with van der Waals surface area (Å²) in [5.41, 5.74) is -2.29. The molecular weight excluding hydrogens is 351 g/mol. The van der Waals surface area contributed by atoms with Crippen LogP contribution in [0.5, 0.6) is 0 Å². The summed E-state index contributed by atoms with van der Waals surface area (Å²) in [4.78, 5) is 26.6. The number of ketones is 1. The van der Waals surface area contributed by atoms with Gasteiger partial charge >= 0.3 is 6.18 Å². The van der Waals surface area contributed by atoms with Crippen LogP contribution in [0.25, 0.3) is 11.0 Å². The fourth-order valence-corrected chi connectivity index (χ4v) is 2.76. The van der Waals surface area contributed by atoms with Crippen molar-refractivity contribution in [2.75, 3.05) is 0 Å². The number of rotatable bonds is 7. The van der Waals surface area contributed by atoms with Gasteiger partial charge in [0.25, 0.3) is 5.69 Å². The fraction of sp³-hybridized carbons (Fsp3) is 0.529. The molecule has 0 fully saturated rings. The van der Waals surface area contributed by atoms with Crippen molar-refractivity contribution in [1.82, 2.24) is 9.55 Å². The Morgan fingerprint density at radius 3 is 2.50 bits per heavy atom. The van der Waals surface area contributed by atoms with Gasteiger partial charge in [-0.05, 0) is 18.4 Å². The Bertz CT molecular complexity index is 841. The number of carbonyl (C=O) groups excluding carboxylic acids is 1. The van der Waals surface area contributed by atoms with E-state index in [-0.39, 0.29) is 35.0 Å². The summed E-state index contributed by atoms with van der Waals surface area (Å²) < 4.78 is 41.2. The Hall–Kier alpha value is -2.45. The predicted molar refractivity (Wildman–Crippen MR) is 90.1 cm³/mol. The van der Waals surface area contributed by atoms with Crippen molar-refractivity contribution in [3.63, 3.8) is 0 Å². The molecule has 26 heavy (non-hydrogen) atoms. The topological polar surface area (TPSA) is 78.0 Å². The summed E-state index contributed by atoms with van der Waals surface area (Å²) >= 11 is 0. The molecule has 0 bridgehead atoms. The number of nitrogens with zero attached hydrogens (tertiary/aromatic N) is 3. The van der Waals surface area contributed by atoms with Gasteiger partial charge < -0.3 is 4.57 Å². The van der Waals surface area contributed by atoms with E-state index in [9.17, 15) is 28.1 Å². The number of halogens is 3. The van der Waals surface area contributed by atoms with Crippen LogP contribution in [0.2, 0.25) is 0 Å². The van der Waals surface area contributed by atoms with Gasteiger partial charge in [-0.15, -0.1) is 0 Å². The van der Waals surface area contributed by atoms with Gasteiger partial charge in [0.05, 0.1) is 16.0 Å². The standard InChI is InChI=1S/C17H20F3N3O3/c1-4-5-6-22-14-8-11(17(18,19)20)13(23(25)26)9-12(14)21-16(22)15(24)7-10(2)3/h8-10H,4-7H2,1-3H3. The van der Waals surface area contributed by atoms with Crippen molar-refractivity contribution < 1.29 is 22.9 Å². The Morgan fingerprint density at radius 1 is 1.35 bits per heavy atom. The molecule has 1 aromatic carbocycles. The zero-order valence-corrected chi connectivity index (χ0v) is 14.8. The summed E-state index contributed by atoms with van der Waals surface area (Å²) in [5, 5.41) is 11.1. The fourth-order valence-electron chi connectivity index (χ4n) is 2.76. The van der Waals surface area contributed by atoms with E-state index in [1.54, 1.807) is 0 Å². The van der Waals surface area contributed by atoms with Gasteiger partial charge in [-0.25, -0.2) is 4.98 Å². The summed E-state index contributed by atoms with van der Waals surface area (Å²) in [5.74, 6) is -0.179. The molecular formula is C17H20F3N3O3. The van der Waals surface area contributed by atoms with E-state index < -0.39 is 22.4 Å². The van der Waals surface area contributed by atoms with Crippen molar-refractivity contribution in [2.45, 2.75) is 52.8 Å². The predicted octanol–water partition coefficient (Wildman–Crippen LogP) is 4.99. The maximum Gasteiger partial charge on any atom is 0.423 e. The highest BCUT2D eigenvalue weighted by molar-refractivity contribution is 5.97. The minimum absolute atomic E-state index is 0.0212. The highest BCUT2D eigenvalue weighted by Crippen LogP contribution is 2.38. The number of nitro groups is 1. The molecule has 0 aliphatic carbocycles. The van der Waals surface area contributed by atoms with E-state index in [1.165, 1.54) is 4.57 Å². The Kier molecular flexibility index (Phi) is 5.68. The molecule has 0 atom stereocenters. The number of nitro benzene ring substituents is 1. The minimum atomic E-state index is -4.88. The van der Waals surface area contributed by atoms with E-state index in [1.807, 2.05) is 20.8 Å². The van der Waals surface area contributed by atoms with Gasteiger partial charge in [-0.3, -0.25) is 14.9 Å². The van der Waals surface area contributed by atoms with E-state index in [0.717, 1.165) is 18.6 Å². The average Bonchev–Trinajstić information content (AvgIpc) is 2.88. The number of alkyl halides is 3. The molecule has 0 amide bonds. The third-order valence-corrected chi connectivity index (χ3v) is 3.95. The number of hydrogen-bond acceptors (Lipinski definition) is 4. The maximum absolute atomic E-state index is 13.3. The first-order chi connectivity index (χ1) is 12.1. The zero-order chi connectivity index (χ0) is 19.6. The van der Waals surface area contributed by atoms with Crippen molar-refractivity contribution >= 4 is 22.5 Å². The summed E-state index contributed by atoms with van der Waals surface area (Å²) in [6, 6.07) is 1.52. The van der Waals surface area contributed by atoms with Crippen LogP contribution in [0.3, 0.4) is 0 Å². The number of hydrogen-bond donors (Lipinski definition) is 0. The summed E-state index contributed by atoms with van der Waals surface area (Å²) in [7, 11) is 0. The highest BCUT2D eigenvalue weighted by Gasteiger charge is 2.39. The van der Waals surface area contributed by atoms with Gasteiger partial charge in [0.15, 0.2) is 11.6 Å². The number of aryl methyl sites for hydroxylation is 1. The first kappa shape index (κ1) is 19.9. The highest BCUT2D eigenvalue weighted by atomic mass is 19.4. The second-order valence-electron chi connectivity index (χ2n) is 6.57. The van der Waals surface area contributed by atoms with Crippen molar-refractivity contribution in [2.24, 2.45) is 5.92 Å². The van der Waals surface area contributed by atoms with Gasteiger partial charge in [-0.1, -0.05) is 27.2 Å². The van der Waals surface area contributed by atoms with Gasteiger partial charge in [-0.2, -0.15) is 13.2 Å². The van der Waals surface area contributed by atoms with Crippen LogP contribution in [0.4, 0.5) is 18.9 Å². The summed E-state index contributed by atoms with van der Waals surface area (Å²) in [6.45, 7) is 5.94. The average molecular weight is 371 g/mol. The lowest BCUT2D eigenvalue weighted by molar-refractivity contribution is -0.387. The smallest absolute Gasteiger partial charge is 0.321 e. The van der Waals surface area contributed by atoms with Gasteiger partial charge in [0, 0.05) is 19.0 Å². The third-order valence-electron chi connectivity index (χ3n) is 3.95. The van der Waals surface area contributed by atoms with Gasteiger partial charge in [0.1, 0.15) is 5.56 Å². The lowest BCUT2D eigenvalue weighted by atomic mass is 10.1. The zero-order valence-electron chi connectivity index (χ0n) is 14.8. The quantitative estimate of drug-likeness (QED) is 0.390. The Labute approximate surface area is 148 Å². The van der Waals surface area contributed by atoms with Gasteiger partial charge in [0.2, 0.25) is 0 Å². The SMILES string of the molecule is CCCCn1c(C(=O)CC(C)C)nc2cc([N+](=O)[O-])c(C(F)(F)F)cc21. The largest absolute Gasteiger partial charge is 0.423 e. The Balaban J connectivity index is 2.74. The van der Waals surface area contributed by atoms with E-state index in [2.05, 4.69) is 4.98 Å². The number of Topliss-reactive ketones (excluding diaryl/α,β-unsaturated/α-hetero) is 1. The number of imidazole rings is 1. The van der Waals surface area contributed by atoms with Crippen molar-refractivity contribution in [1.29, 1.82) is 0 Å². The molecule has 0 spiro atoms. The van der Waals surface area contributed by atoms with Crippen LogP contribution in [-0.2, 0) is 12.7 Å². The monoisotopic (exact) mass is 371 g/mol. The molecule has 9 heteroatoms. The molecule has 2 rings (SSSR count). The molecule has 0 saturated carbocycles. The molecule has 1 heterocycles. The normalized spacial score (nSPS) is 12.1. The molecule has 0 radical (unpaired) electrons.